The number of benzene rings is 2. The van der Waals surface area contributed by atoms with Gasteiger partial charge in [-0.05, 0) is 95.5 Å². The second kappa shape index (κ2) is 14.8. The highest BCUT2D eigenvalue weighted by atomic mass is 16.5. The van der Waals surface area contributed by atoms with Crippen molar-refractivity contribution in [2.45, 2.75) is 77.2 Å². The van der Waals surface area contributed by atoms with E-state index in [-0.39, 0.29) is 37.4 Å². The molecule has 1 N–H and O–H groups in total. The zero-order valence-electron chi connectivity index (χ0n) is 29.6. The molecule has 5 rings (SSSR count). The molecule has 3 heterocycles. The third-order valence-electron chi connectivity index (χ3n) is 10.8. The summed E-state index contributed by atoms with van der Waals surface area (Å²) in [6.45, 7) is 20.0. The van der Waals surface area contributed by atoms with Gasteiger partial charge in [0.1, 0.15) is 17.4 Å². The largest absolute Gasteiger partial charge is 0.494 e. The van der Waals surface area contributed by atoms with Gasteiger partial charge in [0.15, 0.2) is 0 Å². The van der Waals surface area contributed by atoms with Crippen LogP contribution in [0.25, 0.3) is 0 Å². The zero-order chi connectivity index (χ0) is 35.5. The van der Waals surface area contributed by atoms with Crippen molar-refractivity contribution >= 4 is 34.8 Å². The molecule has 49 heavy (non-hydrogen) atoms. The molecule has 1 spiro atoms. The van der Waals surface area contributed by atoms with E-state index in [9.17, 15) is 19.5 Å². The molecule has 10 nitrogen and oxygen atoms in total. The number of rotatable bonds is 16. The summed E-state index contributed by atoms with van der Waals surface area (Å²) in [4.78, 5) is 51.5. The molecule has 0 aromatic heterocycles. The van der Waals surface area contributed by atoms with Gasteiger partial charge in [0.2, 0.25) is 11.8 Å². The summed E-state index contributed by atoms with van der Waals surface area (Å²) in [7, 11) is 0. The van der Waals surface area contributed by atoms with Gasteiger partial charge in [-0.15, -0.1) is 13.2 Å². The first-order valence-electron chi connectivity index (χ1n) is 17.7. The molecule has 10 heteroatoms. The van der Waals surface area contributed by atoms with Crippen LogP contribution in [-0.2, 0) is 19.1 Å². The third-order valence-corrected chi connectivity index (χ3v) is 10.8. The number of ether oxygens (including phenoxy) is 2. The van der Waals surface area contributed by atoms with Gasteiger partial charge in [0.05, 0.1) is 36.7 Å². The smallest absolute Gasteiger partial charge is 0.253 e. The maximum Gasteiger partial charge on any atom is 0.253 e. The third kappa shape index (κ3) is 6.03. The van der Waals surface area contributed by atoms with E-state index in [1.54, 1.807) is 28.9 Å². The zero-order valence-corrected chi connectivity index (χ0v) is 29.6. The Labute approximate surface area is 290 Å². The first-order valence-corrected chi connectivity index (χ1v) is 17.7. The highest BCUT2D eigenvalue weighted by Gasteiger charge is 2.79. The Morgan fingerprint density at radius 1 is 0.939 bits per heavy atom. The molecule has 264 valence electrons. The summed E-state index contributed by atoms with van der Waals surface area (Å²) in [5.41, 5.74) is 0.200. The Morgan fingerprint density at radius 3 is 2.00 bits per heavy atom. The fourth-order valence-corrected chi connectivity index (χ4v) is 8.41. The van der Waals surface area contributed by atoms with Crippen LogP contribution in [0.1, 0.15) is 53.9 Å². The van der Waals surface area contributed by atoms with Gasteiger partial charge in [-0.2, -0.15) is 0 Å². The minimum atomic E-state index is -1.24. The van der Waals surface area contributed by atoms with Crippen LogP contribution in [0.4, 0.5) is 17.1 Å². The van der Waals surface area contributed by atoms with Crippen molar-refractivity contribution in [1.29, 1.82) is 0 Å². The molecule has 2 bridgehead atoms. The van der Waals surface area contributed by atoms with Crippen LogP contribution in [0.2, 0.25) is 0 Å². The maximum absolute atomic E-state index is 15.0. The van der Waals surface area contributed by atoms with Crippen molar-refractivity contribution in [2.75, 3.05) is 54.1 Å². The number of hydrogen-bond acceptors (Lipinski definition) is 7. The Kier molecular flexibility index (Phi) is 10.9. The molecule has 3 fully saturated rings. The quantitative estimate of drug-likeness (QED) is 0.245. The van der Waals surface area contributed by atoms with E-state index in [1.807, 2.05) is 62.4 Å². The van der Waals surface area contributed by atoms with Crippen molar-refractivity contribution in [1.82, 2.24) is 4.90 Å². The molecule has 3 aliphatic rings. The lowest BCUT2D eigenvalue weighted by molar-refractivity contribution is -0.149. The van der Waals surface area contributed by atoms with Crippen molar-refractivity contribution in [2.24, 2.45) is 11.8 Å². The van der Waals surface area contributed by atoms with E-state index < -0.39 is 35.1 Å². The molecule has 0 saturated carbocycles. The fourth-order valence-electron chi connectivity index (χ4n) is 8.41. The van der Waals surface area contributed by atoms with Crippen LogP contribution in [-0.4, -0.2) is 90.4 Å². The number of amides is 3. The predicted molar refractivity (Wildman–Crippen MR) is 193 cm³/mol. The summed E-state index contributed by atoms with van der Waals surface area (Å²) in [5.74, 6) is -1.95. The highest BCUT2D eigenvalue weighted by molar-refractivity contribution is 6.07. The van der Waals surface area contributed by atoms with E-state index in [1.165, 1.54) is 4.90 Å². The summed E-state index contributed by atoms with van der Waals surface area (Å²) in [6.07, 6.45) is 4.80. The summed E-state index contributed by atoms with van der Waals surface area (Å²) in [6, 6.07) is 13.4. The summed E-state index contributed by atoms with van der Waals surface area (Å²) >= 11 is 0. The van der Waals surface area contributed by atoms with Crippen LogP contribution in [0.5, 0.6) is 5.75 Å². The van der Waals surface area contributed by atoms with Gasteiger partial charge in [-0.3, -0.25) is 14.4 Å². The van der Waals surface area contributed by atoms with Crippen LogP contribution in [0, 0.1) is 11.8 Å². The first-order chi connectivity index (χ1) is 23.6. The van der Waals surface area contributed by atoms with Crippen LogP contribution in [0.3, 0.4) is 0 Å². The lowest BCUT2D eigenvalue weighted by Gasteiger charge is -2.38. The molecule has 3 aliphatic heterocycles. The maximum atomic E-state index is 15.0. The molecular formula is C39H52N4O6. The first kappa shape index (κ1) is 36.1. The molecule has 0 radical (unpaired) electrons. The number of aliphatic hydroxyl groups excluding tert-OH is 1. The van der Waals surface area contributed by atoms with Gasteiger partial charge in [-0.1, -0.05) is 19.1 Å². The normalized spacial score (nSPS) is 25.9. The number of aliphatic hydroxyl groups is 1. The fraction of sp³-hybridized carbons (Fsp3) is 0.513. The average molecular weight is 673 g/mol. The SMILES string of the molecule is C=CCN(C(=O)C1N([C@H](C)CO)C(=O)[C@@H]2[C@H](C(=O)N(CC=C)c3ccc(OCC)cc3)[C@]3(CC)CCC12O3)c1ccc(N(CC)CC)cc1. The van der Waals surface area contributed by atoms with Crippen LogP contribution >= 0.6 is 0 Å². The lowest BCUT2D eigenvalue weighted by Crippen LogP contribution is -2.58. The van der Waals surface area contributed by atoms with Crippen LogP contribution < -0.4 is 19.4 Å². The molecule has 0 aliphatic carbocycles. The number of carbonyl (C=O) groups is 3. The molecule has 2 aromatic rings. The van der Waals surface area contributed by atoms with Gasteiger partial charge in [0, 0.05) is 43.2 Å². The summed E-state index contributed by atoms with van der Waals surface area (Å²) < 4.78 is 12.6. The van der Waals surface area contributed by atoms with Crippen molar-refractivity contribution in [3.8, 4) is 5.75 Å². The number of likely N-dealkylation sites (tertiary alicyclic amines) is 1. The van der Waals surface area contributed by atoms with Crippen molar-refractivity contribution < 1.29 is 29.0 Å². The predicted octanol–water partition coefficient (Wildman–Crippen LogP) is 5.21. The van der Waals surface area contributed by atoms with Gasteiger partial charge in [0.25, 0.3) is 5.91 Å². The molecule has 3 saturated heterocycles. The Hall–Kier alpha value is -4.15. The summed E-state index contributed by atoms with van der Waals surface area (Å²) in [5, 5.41) is 10.4. The van der Waals surface area contributed by atoms with Gasteiger partial charge < -0.3 is 34.2 Å². The van der Waals surface area contributed by atoms with E-state index in [4.69, 9.17) is 9.47 Å². The molecule has 2 unspecified atom stereocenters. The van der Waals surface area contributed by atoms with E-state index in [0.717, 1.165) is 18.8 Å². The van der Waals surface area contributed by atoms with Crippen molar-refractivity contribution in [3.05, 3.63) is 73.8 Å². The number of fused-ring (bicyclic) bond motifs is 1. The number of hydrogen-bond donors (Lipinski definition) is 1. The minimum absolute atomic E-state index is 0.211. The second-order valence-corrected chi connectivity index (χ2v) is 13.2. The highest BCUT2D eigenvalue weighted by Crippen LogP contribution is 2.65. The molecular weight excluding hydrogens is 620 g/mol. The number of anilines is 3. The van der Waals surface area contributed by atoms with E-state index >= 15 is 0 Å². The second-order valence-electron chi connectivity index (χ2n) is 13.2. The molecule has 6 atom stereocenters. The molecule has 2 aromatic carbocycles. The number of nitrogens with zero attached hydrogens (tertiary/aromatic N) is 4. The topological polar surface area (TPSA) is 103 Å². The van der Waals surface area contributed by atoms with Gasteiger partial charge in [-0.25, -0.2) is 0 Å². The van der Waals surface area contributed by atoms with E-state index in [2.05, 4.69) is 31.9 Å². The Morgan fingerprint density at radius 2 is 1.49 bits per heavy atom. The van der Waals surface area contributed by atoms with E-state index in [0.29, 0.717) is 43.0 Å². The van der Waals surface area contributed by atoms with Crippen LogP contribution in [0.15, 0.2) is 73.8 Å². The standard InChI is InChI=1S/C39H52N4O6/c1-8-24-41(30-18-20-31(21-19-30)48-13-6)35(45)32-33-36(46)43(27(7)26-44)34(39(33)23-22-38(32,10-3)49-39)37(47)42(25-9-2)29-16-14-28(15-17-29)40(11-4)12-5/h8-9,14-21,27,32-34,44H,1-2,10-13,22-26H2,3-7H3/t27-,32-,33+,34?,38+,39?/m1/s1. The monoisotopic (exact) mass is 672 g/mol. The van der Waals surface area contributed by atoms with Crippen molar-refractivity contribution in [3.63, 3.8) is 0 Å². The van der Waals surface area contributed by atoms with Gasteiger partial charge >= 0.3 is 0 Å². The minimum Gasteiger partial charge on any atom is -0.494 e. The number of carbonyl (C=O) groups excluding carboxylic acids is 3. The average Bonchev–Trinajstić information content (AvgIpc) is 3.73. The Balaban J connectivity index is 1.58. The molecule has 3 amide bonds. The lowest BCUT2D eigenvalue weighted by atomic mass is 9.64. The Bertz CT molecular complexity index is 1520.